The monoisotopic (exact) mass is 191 g/mol. The topological polar surface area (TPSA) is 56.9 Å². The average molecular weight is 191 g/mol. The SMILES string of the molecule is Cn1cnc2c(ccc(=O)n2C)c1=O. The summed E-state index contributed by atoms with van der Waals surface area (Å²) in [6.45, 7) is 0. The third-order valence-electron chi connectivity index (χ3n) is 2.19. The number of aryl methyl sites for hydroxylation is 2. The van der Waals surface area contributed by atoms with Crippen molar-refractivity contribution < 1.29 is 0 Å². The number of rotatable bonds is 0. The van der Waals surface area contributed by atoms with Gasteiger partial charge in [-0.2, -0.15) is 0 Å². The highest BCUT2D eigenvalue weighted by Gasteiger charge is 2.04. The van der Waals surface area contributed by atoms with Crippen LogP contribution in [0.3, 0.4) is 0 Å². The second-order valence-corrected chi connectivity index (χ2v) is 3.13. The molecule has 2 aromatic heterocycles. The largest absolute Gasteiger partial charge is 0.302 e. The molecule has 2 rings (SSSR count). The molecule has 0 aliphatic carbocycles. The van der Waals surface area contributed by atoms with Crippen molar-refractivity contribution in [3.8, 4) is 0 Å². The number of nitrogens with zero attached hydrogens (tertiary/aromatic N) is 3. The molecular formula is C9H9N3O2. The highest BCUT2D eigenvalue weighted by molar-refractivity contribution is 5.73. The maximum Gasteiger partial charge on any atom is 0.262 e. The molecule has 0 aliphatic heterocycles. The van der Waals surface area contributed by atoms with E-state index in [4.69, 9.17) is 0 Å². The van der Waals surface area contributed by atoms with E-state index in [0.717, 1.165) is 0 Å². The Hall–Kier alpha value is -1.91. The predicted molar refractivity (Wildman–Crippen MR) is 52.2 cm³/mol. The molecule has 0 N–H and O–H groups in total. The Morgan fingerprint density at radius 3 is 2.64 bits per heavy atom. The van der Waals surface area contributed by atoms with Gasteiger partial charge >= 0.3 is 0 Å². The standard InChI is InChI=1S/C9H9N3O2/c1-11-5-10-8-6(9(11)14)3-4-7(13)12(8)2/h3-5H,1-2H3. The van der Waals surface area contributed by atoms with Crippen molar-refractivity contribution in [1.29, 1.82) is 0 Å². The van der Waals surface area contributed by atoms with Gasteiger partial charge in [-0.3, -0.25) is 14.2 Å². The third kappa shape index (κ3) is 1.06. The van der Waals surface area contributed by atoms with Crippen LogP contribution in [0.1, 0.15) is 0 Å². The van der Waals surface area contributed by atoms with Crippen LogP contribution in [0.4, 0.5) is 0 Å². The minimum atomic E-state index is -0.168. The van der Waals surface area contributed by atoms with Gasteiger partial charge in [0.05, 0.1) is 11.7 Å². The summed E-state index contributed by atoms with van der Waals surface area (Å²) in [6, 6.07) is 2.87. The quantitative estimate of drug-likeness (QED) is 0.571. The second kappa shape index (κ2) is 2.80. The van der Waals surface area contributed by atoms with Crippen molar-refractivity contribution in [1.82, 2.24) is 14.1 Å². The minimum absolute atomic E-state index is 0.148. The molecule has 0 bridgehead atoms. The Kier molecular flexibility index (Phi) is 1.73. The van der Waals surface area contributed by atoms with E-state index in [0.29, 0.717) is 11.0 Å². The molecule has 2 aromatic rings. The molecule has 2 heterocycles. The molecule has 0 amide bonds. The molecule has 0 fully saturated rings. The third-order valence-corrected chi connectivity index (χ3v) is 2.19. The van der Waals surface area contributed by atoms with E-state index in [2.05, 4.69) is 4.98 Å². The molecule has 0 unspecified atom stereocenters. The van der Waals surface area contributed by atoms with E-state index in [1.165, 1.54) is 27.6 Å². The normalized spacial score (nSPS) is 10.7. The maximum atomic E-state index is 11.6. The van der Waals surface area contributed by atoms with Gasteiger partial charge in [-0.25, -0.2) is 4.98 Å². The van der Waals surface area contributed by atoms with Crippen LogP contribution in [-0.2, 0) is 14.1 Å². The molecule has 5 nitrogen and oxygen atoms in total. The summed E-state index contributed by atoms with van der Waals surface area (Å²) in [4.78, 5) is 26.9. The summed E-state index contributed by atoms with van der Waals surface area (Å²) in [5.41, 5.74) is 0.101. The van der Waals surface area contributed by atoms with Crippen LogP contribution in [0.5, 0.6) is 0 Å². The lowest BCUT2D eigenvalue weighted by Gasteiger charge is -2.03. The van der Waals surface area contributed by atoms with E-state index >= 15 is 0 Å². The Morgan fingerprint density at radius 1 is 1.21 bits per heavy atom. The molecule has 0 aliphatic rings. The first-order valence-corrected chi connectivity index (χ1v) is 4.12. The van der Waals surface area contributed by atoms with Crippen molar-refractivity contribution in [2.24, 2.45) is 14.1 Å². The van der Waals surface area contributed by atoms with Gasteiger partial charge < -0.3 is 4.57 Å². The molecule has 0 spiro atoms. The summed E-state index contributed by atoms with van der Waals surface area (Å²) < 4.78 is 2.74. The Morgan fingerprint density at radius 2 is 1.93 bits per heavy atom. The molecule has 0 saturated heterocycles. The lowest BCUT2D eigenvalue weighted by atomic mass is 10.3. The Balaban J connectivity index is 3.10. The first-order valence-electron chi connectivity index (χ1n) is 4.12. The van der Waals surface area contributed by atoms with Crippen LogP contribution in [0, 0.1) is 0 Å². The number of pyridine rings is 1. The van der Waals surface area contributed by atoms with Gasteiger partial charge in [0, 0.05) is 20.2 Å². The number of aromatic nitrogens is 3. The van der Waals surface area contributed by atoms with Gasteiger partial charge in [-0.05, 0) is 6.07 Å². The van der Waals surface area contributed by atoms with Gasteiger partial charge in [0.2, 0.25) is 0 Å². The first-order chi connectivity index (χ1) is 6.61. The second-order valence-electron chi connectivity index (χ2n) is 3.13. The molecule has 0 radical (unpaired) electrons. The van der Waals surface area contributed by atoms with E-state index < -0.39 is 0 Å². The number of hydrogen-bond acceptors (Lipinski definition) is 3. The lowest BCUT2D eigenvalue weighted by Crippen LogP contribution is -2.23. The molecule has 0 aromatic carbocycles. The first kappa shape index (κ1) is 8.68. The molecule has 72 valence electrons. The fraction of sp³-hybridized carbons (Fsp3) is 0.222. The van der Waals surface area contributed by atoms with Gasteiger partial charge in [0.25, 0.3) is 11.1 Å². The molecular weight excluding hydrogens is 182 g/mol. The zero-order valence-electron chi connectivity index (χ0n) is 7.89. The zero-order chi connectivity index (χ0) is 10.3. The fourth-order valence-electron chi connectivity index (χ4n) is 1.33. The van der Waals surface area contributed by atoms with Crippen molar-refractivity contribution in [2.45, 2.75) is 0 Å². The van der Waals surface area contributed by atoms with Crippen LogP contribution < -0.4 is 11.1 Å². The van der Waals surface area contributed by atoms with Crippen LogP contribution in [0.2, 0.25) is 0 Å². The Labute approximate surface area is 79.2 Å². The molecule has 0 atom stereocenters. The minimum Gasteiger partial charge on any atom is -0.302 e. The van der Waals surface area contributed by atoms with Crippen LogP contribution in [-0.4, -0.2) is 14.1 Å². The lowest BCUT2D eigenvalue weighted by molar-refractivity contribution is 0.815. The van der Waals surface area contributed by atoms with Crippen molar-refractivity contribution in [3.05, 3.63) is 39.2 Å². The summed E-state index contributed by atoms with van der Waals surface area (Å²) in [7, 11) is 3.22. The van der Waals surface area contributed by atoms with Gasteiger partial charge in [-0.1, -0.05) is 0 Å². The summed E-state index contributed by atoms with van der Waals surface area (Å²) in [6.07, 6.45) is 1.41. The van der Waals surface area contributed by atoms with E-state index in [-0.39, 0.29) is 11.1 Å². The molecule has 14 heavy (non-hydrogen) atoms. The summed E-state index contributed by atoms with van der Waals surface area (Å²) >= 11 is 0. The fourth-order valence-corrected chi connectivity index (χ4v) is 1.33. The summed E-state index contributed by atoms with van der Waals surface area (Å²) in [5, 5.41) is 0.456. The van der Waals surface area contributed by atoms with Crippen molar-refractivity contribution >= 4 is 11.0 Å². The van der Waals surface area contributed by atoms with E-state index in [9.17, 15) is 9.59 Å². The van der Waals surface area contributed by atoms with Gasteiger partial charge in [-0.15, -0.1) is 0 Å². The maximum absolute atomic E-state index is 11.6. The van der Waals surface area contributed by atoms with Crippen molar-refractivity contribution in [3.63, 3.8) is 0 Å². The highest BCUT2D eigenvalue weighted by atomic mass is 16.1. The average Bonchev–Trinajstić information content (AvgIpc) is 2.17. The molecule has 0 saturated carbocycles. The van der Waals surface area contributed by atoms with E-state index in [1.807, 2.05) is 0 Å². The predicted octanol–water partition coefficient (Wildman–Crippen LogP) is -0.368. The zero-order valence-corrected chi connectivity index (χ0v) is 7.89. The number of hydrogen-bond donors (Lipinski definition) is 0. The smallest absolute Gasteiger partial charge is 0.262 e. The molecule has 5 heteroatoms. The number of fused-ring (bicyclic) bond motifs is 1. The van der Waals surface area contributed by atoms with Crippen LogP contribution >= 0.6 is 0 Å². The van der Waals surface area contributed by atoms with Crippen LogP contribution in [0.25, 0.3) is 11.0 Å². The van der Waals surface area contributed by atoms with Crippen LogP contribution in [0.15, 0.2) is 28.0 Å². The van der Waals surface area contributed by atoms with E-state index in [1.54, 1.807) is 14.1 Å². The summed E-state index contributed by atoms with van der Waals surface area (Å²) in [5.74, 6) is 0. The highest BCUT2D eigenvalue weighted by Crippen LogP contribution is 2.00. The Bertz CT molecular complexity index is 609. The van der Waals surface area contributed by atoms with Gasteiger partial charge in [0.15, 0.2) is 0 Å². The van der Waals surface area contributed by atoms with Gasteiger partial charge in [0.1, 0.15) is 5.65 Å². The van der Waals surface area contributed by atoms with Crippen molar-refractivity contribution in [2.75, 3.05) is 0 Å².